The van der Waals surface area contributed by atoms with E-state index in [1.165, 1.54) is 11.3 Å². The molecule has 10 heteroatoms. The standard InChI is InChI=1S/C15H14Cl2N6OS/c16-10-3-1-4-11(17)12(10)13(24)20-15-22-21-14(25-15)19-5-2-7-23-8-6-18-9-23/h1,3-4,6,8-9H,2,5,7H2,(H,19,21)(H,20,22,24). The van der Waals surface area contributed by atoms with Gasteiger partial charge in [-0.3, -0.25) is 10.1 Å². The molecule has 1 amide bonds. The summed E-state index contributed by atoms with van der Waals surface area (Å²) in [5, 5.41) is 15.3. The Morgan fingerprint density at radius 1 is 1.20 bits per heavy atom. The number of aromatic nitrogens is 4. The van der Waals surface area contributed by atoms with Gasteiger partial charge in [0, 0.05) is 25.5 Å². The van der Waals surface area contributed by atoms with Gasteiger partial charge in [-0.05, 0) is 18.6 Å². The van der Waals surface area contributed by atoms with Crippen molar-refractivity contribution in [1.29, 1.82) is 0 Å². The molecule has 7 nitrogen and oxygen atoms in total. The van der Waals surface area contributed by atoms with E-state index in [1.807, 2.05) is 10.8 Å². The Hall–Kier alpha value is -2.16. The first-order valence-corrected chi connectivity index (χ1v) is 8.99. The summed E-state index contributed by atoms with van der Waals surface area (Å²) in [5.41, 5.74) is 0.218. The van der Waals surface area contributed by atoms with Crippen molar-refractivity contribution in [2.24, 2.45) is 0 Å². The summed E-state index contributed by atoms with van der Waals surface area (Å²) in [5.74, 6) is -0.418. The first-order chi connectivity index (χ1) is 12.1. The zero-order valence-electron chi connectivity index (χ0n) is 12.9. The van der Waals surface area contributed by atoms with Gasteiger partial charge >= 0.3 is 0 Å². The lowest BCUT2D eigenvalue weighted by Gasteiger charge is -2.05. The van der Waals surface area contributed by atoms with Crippen molar-refractivity contribution in [3.63, 3.8) is 0 Å². The number of nitrogens with zero attached hydrogens (tertiary/aromatic N) is 4. The van der Waals surface area contributed by atoms with E-state index in [0.717, 1.165) is 19.5 Å². The van der Waals surface area contributed by atoms with Crippen LogP contribution in [0.25, 0.3) is 0 Å². The Morgan fingerprint density at radius 3 is 2.68 bits per heavy atom. The van der Waals surface area contributed by atoms with Crippen molar-refractivity contribution in [1.82, 2.24) is 19.7 Å². The van der Waals surface area contributed by atoms with Gasteiger partial charge in [0.15, 0.2) is 0 Å². The lowest BCUT2D eigenvalue weighted by atomic mass is 10.2. The molecule has 1 aromatic carbocycles. The molecule has 0 bridgehead atoms. The average Bonchev–Trinajstić information content (AvgIpc) is 3.23. The van der Waals surface area contributed by atoms with Gasteiger partial charge in [0.25, 0.3) is 5.91 Å². The van der Waals surface area contributed by atoms with Crippen LogP contribution in [0.15, 0.2) is 36.9 Å². The van der Waals surface area contributed by atoms with E-state index < -0.39 is 5.91 Å². The number of hydrogen-bond acceptors (Lipinski definition) is 6. The van der Waals surface area contributed by atoms with Crippen molar-refractivity contribution in [2.45, 2.75) is 13.0 Å². The lowest BCUT2D eigenvalue weighted by molar-refractivity contribution is 0.102. The van der Waals surface area contributed by atoms with E-state index in [0.29, 0.717) is 10.3 Å². The smallest absolute Gasteiger partial charge is 0.260 e. The summed E-state index contributed by atoms with van der Waals surface area (Å²) in [7, 11) is 0. The third-order valence-corrected chi connectivity index (χ3v) is 4.69. The van der Waals surface area contributed by atoms with Crippen molar-refractivity contribution < 1.29 is 4.79 Å². The molecule has 25 heavy (non-hydrogen) atoms. The zero-order chi connectivity index (χ0) is 17.6. The summed E-state index contributed by atoms with van der Waals surface area (Å²) >= 11 is 13.3. The van der Waals surface area contributed by atoms with Gasteiger partial charge in [-0.25, -0.2) is 4.98 Å². The van der Waals surface area contributed by atoms with Crippen molar-refractivity contribution in [3.8, 4) is 0 Å². The highest BCUT2D eigenvalue weighted by Crippen LogP contribution is 2.26. The van der Waals surface area contributed by atoms with Gasteiger partial charge in [0.2, 0.25) is 10.3 Å². The number of amides is 1. The molecule has 2 N–H and O–H groups in total. The van der Waals surface area contributed by atoms with Crippen LogP contribution in [0.2, 0.25) is 10.0 Å². The highest BCUT2D eigenvalue weighted by atomic mass is 35.5. The minimum absolute atomic E-state index is 0.218. The molecule has 0 saturated carbocycles. The molecule has 3 aromatic rings. The molecule has 3 rings (SSSR count). The fourth-order valence-electron chi connectivity index (χ4n) is 2.10. The second-order valence-corrected chi connectivity index (χ2v) is 6.84. The normalized spacial score (nSPS) is 10.6. The van der Waals surface area contributed by atoms with Crippen LogP contribution < -0.4 is 10.6 Å². The lowest BCUT2D eigenvalue weighted by Crippen LogP contribution is -2.12. The molecule has 0 aliphatic heterocycles. The fraction of sp³-hybridized carbons (Fsp3) is 0.200. The van der Waals surface area contributed by atoms with E-state index in [9.17, 15) is 4.79 Å². The number of aryl methyl sites for hydroxylation is 1. The first kappa shape index (κ1) is 17.7. The van der Waals surface area contributed by atoms with Gasteiger partial charge in [0.1, 0.15) is 0 Å². The molecule has 0 atom stereocenters. The van der Waals surface area contributed by atoms with Gasteiger partial charge < -0.3 is 9.88 Å². The van der Waals surface area contributed by atoms with Crippen LogP contribution in [0, 0.1) is 0 Å². The molecule has 0 aliphatic carbocycles. The summed E-state index contributed by atoms with van der Waals surface area (Å²) in [4.78, 5) is 16.3. The molecule has 0 spiro atoms. The fourth-order valence-corrected chi connectivity index (χ4v) is 3.33. The third kappa shape index (κ3) is 4.68. The topological polar surface area (TPSA) is 84.7 Å². The van der Waals surface area contributed by atoms with Crippen LogP contribution in [0.4, 0.5) is 10.3 Å². The number of carbonyl (C=O) groups is 1. The molecule has 0 fully saturated rings. The van der Waals surface area contributed by atoms with Gasteiger partial charge in [-0.2, -0.15) is 0 Å². The maximum absolute atomic E-state index is 12.3. The number of hydrogen-bond donors (Lipinski definition) is 2. The van der Waals surface area contributed by atoms with Crippen molar-refractivity contribution in [3.05, 3.63) is 52.5 Å². The summed E-state index contributed by atoms with van der Waals surface area (Å²) in [6.07, 6.45) is 6.35. The second-order valence-electron chi connectivity index (χ2n) is 5.04. The Bertz CT molecular complexity index is 831. The maximum Gasteiger partial charge on any atom is 0.260 e. The number of nitrogens with one attached hydrogen (secondary N) is 2. The van der Waals surface area contributed by atoms with Crippen LogP contribution in [-0.2, 0) is 6.54 Å². The summed E-state index contributed by atoms with van der Waals surface area (Å²) < 4.78 is 2.00. The third-order valence-electron chi connectivity index (χ3n) is 3.26. The van der Waals surface area contributed by atoms with Crippen LogP contribution in [0.5, 0.6) is 0 Å². The zero-order valence-corrected chi connectivity index (χ0v) is 15.3. The number of carbonyl (C=O) groups excluding carboxylic acids is 1. The Labute approximate surface area is 158 Å². The number of imidazole rings is 1. The second kappa shape index (κ2) is 8.28. The van der Waals surface area contributed by atoms with Crippen molar-refractivity contribution in [2.75, 3.05) is 17.2 Å². The molecular formula is C15H14Cl2N6OS. The number of anilines is 2. The highest BCUT2D eigenvalue weighted by Gasteiger charge is 2.16. The number of benzene rings is 1. The molecule has 130 valence electrons. The minimum Gasteiger partial charge on any atom is -0.360 e. The maximum atomic E-state index is 12.3. The highest BCUT2D eigenvalue weighted by molar-refractivity contribution is 7.19. The molecule has 0 aliphatic rings. The molecule has 0 saturated heterocycles. The van der Waals surface area contributed by atoms with Gasteiger partial charge in [-0.1, -0.05) is 40.6 Å². The Kier molecular flexibility index (Phi) is 5.85. The average molecular weight is 397 g/mol. The summed E-state index contributed by atoms with van der Waals surface area (Å²) in [6.45, 7) is 1.59. The number of halogens is 2. The molecule has 2 aromatic heterocycles. The monoisotopic (exact) mass is 396 g/mol. The van der Waals surface area contributed by atoms with E-state index in [4.69, 9.17) is 23.2 Å². The predicted octanol–water partition coefficient (Wildman–Crippen LogP) is 3.80. The van der Waals surface area contributed by atoms with Gasteiger partial charge in [-0.15, -0.1) is 10.2 Å². The summed E-state index contributed by atoms with van der Waals surface area (Å²) in [6, 6.07) is 4.89. The van der Waals surface area contributed by atoms with E-state index >= 15 is 0 Å². The quantitative estimate of drug-likeness (QED) is 0.593. The van der Waals surface area contributed by atoms with E-state index in [-0.39, 0.29) is 15.6 Å². The molecular weight excluding hydrogens is 383 g/mol. The van der Waals surface area contributed by atoms with Gasteiger partial charge in [0.05, 0.1) is 21.9 Å². The van der Waals surface area contributed by atoms with E-state index in [1.54, 1.807) is 30.7 Å². The Morgan fingerprint density at radius 2 is 1.96 bits per heavy atom. The molecule has 2 heterocycles. The minimum atomic E-state index is -0.418. The Balaban J connectivity index is 1.52. The van der Waals surface area contributed by atoms with Crippen LogP contribution >= 0.6 is 34.5 Å². The number of rotatable bonds is 7. The largest absolute Gasteiger partial charge is 0.360 e. The van der Waals surface area contributed by atoms with Crippen molar-refractivity contribution >= 4 is 50.7 Å². The SMILES string of the molecule is O=C(Nc1nnc(NCCCn2ccnc2)s1)c1c(Cl)cccc1Cl. The molecule has 0 radical (unpaired) electrons. The first-order valence-electron chi connectivity index (χ1n) is 7.42. The van der Waals surface area contributed by atoms with Crippen LogP contribution in [-0.4, -0.2) is 32.2 Å². The van der Waals surface area contributed by atoms with Crippen LogP contribution in [0.1, 0.15) is 16.8 Å². The van der Waals surface area contributed by atoms with E-state index in [2.05, 4.69) is 25.8 Å². The van der Waals surface area contributed by atoms with Crippen LogP contribution in [0.3, 0.4) is 0 Å². The predicted molar refractivity (Wildman–Crippen MR) is 99.7 cm³/mol. The molecule has 0 unspecified atom stereocenters.